The van der Waals surface area contributed by atoms with Gasteiger partial charge in [-0.15, -0.1) is 0 Å². The Morgan fingerprint density at radius 3 is 2.52 bits per heavy atom. The van der Waals surface area contributed by atoms with Crippen LogP contribution in [0.25, 0.3) is 0 Å². The smallest absolute Gasteiger partial charge is 0.191 e. The van der Waals surface area contributed by atoms with Gasteiger partial charge in [0.25, 0.3) is 0 Å². The van der Waals surface area contributed by atoms with Crippen LogP contribution < -0.4 is 10.6 Å². The second-order valence-electron chi connectivity index (χ2n) is 7.61. The third kappa shape index (κ3) is 7.53. The lowest BCUT2D eigenvalue weighted by atomic mass is 9.80. The first-order valence-electron chi connectivity index (χ1n) is 9.37. The van der Waals surface area contributed by atoms with Crippen molar-refractivity contribution in [1.29, 1.82) is 0 Å². The monoisotopic (exact) mass is 325 g/mol. The zero-order valence-electron chi connectivity index (χ0n) is 15.1. The highest BCUT2D eigenvalue weighted by atomic mass is 16.5. The number of aliphatic imine (C=N–C) groups is 1. The molecule has 2 fully saturated rings. The summed E-state index contributed by atoms with van der Waals surface area (Å²) in [7, 11) is 0. The van der Waals surface area contributed by atoms with Crippen LogP contribution in [0.5, 0.6) is 0 Å². The number of hydrogen-bond donors (Lipinski definition) is 3. The van der Waals surface area contributed by atoms with Gasteiger partial charge in [-0.1, -0.05) is 13.8 Å². The van der Waals surface area contributed by atoms with Crippen LogP contribution in [0.15, 0.2) is 4.99 Å². The van der Waals surface area contributed by atoms with Crippen molar-refractivity contribution in [2.24, 2.45) is 22.7 Å². The number of guanidine groups is 1. The largest absolute Gasteiger partial charge is 0.389 e. The Morgan fingerprint density at radius 2 is 1.91 bits per heavy atom. The zero-order valence-corrected chi connectivity index (χ0v) is 15.1. The van der Waals surface area contributed by atoms with E-state index in [0.717, 1.165) is 36.9 Å². The van der Waals surface area contributed by atoms with Gasteiger partial charge in [-0.05, 0) is 56.8 Å². The summed E-state index contributed by atoms with van der Waals surface area (Å²) < 4.78 is 5.53. The molecular formula is C18H35N3O2. The van der Waals surface area contributed by atoms with Crippen LogP contribution in [0, 0.1) is 17.8 Å². The van der Waals surface area contributed by atoms with Gasteiger partial charge in [0.1, 0.15) is 0 Å². The third-order valence-corrected chi connectivity index (χ3v) is 4.68. The van der Waals surface area contributed by atoms with Gasteiger partial charge in [-0.3, -0.25) is 4.99 Å². The lowest BCUT2D eigenvalue weighted by molar-refractivity contribution is 0.0368. The van der Waals surface area contributed by atoms with Gasteiger partial charge in [0, 0.05) is 19.2 Å². The van der Waals surface area contributed by atoms with Gasteiger partial charge >= 0.3 is 0 Å². The van der Waals surface area contributed by atoms with E-state index in [2.05, 4.69) is 36.4 Å². The molecule has 0 heterocycles. The summed E-state index contributed by atoms with van der Waals surface area (Å²) in [5.74, 6) is 3.08. The van der Waals surface area contributed by atoms with E-state index in [1.54, 1.807) is 0 Å². The van der Waals surface area contributed by atoms with E-state index in [0.29, 0.717) is 19.2 Å². The maximum absolute atomic E-state index is 10.0. The van der Waals surface area contributed by atoms with Crippen LogP contribution >= 0.6 is 0 Å². The van der Waals surface area contributed by atoms with Crippen molar-refractivity contribution in [3.05, 3.63) is 0 Å². The predicted molar refractivity (Wildman–Crippen MR) is 94.6 cm³/mol. The fourth-order valence-corrected chi connectivity index (χ4v) is 3.48. The molecule has 5 heteroatoms. The van der Waals surface area contributed by atoms with Gasteiger partial charge in [-0.25, -0.2) is 0 Å². The summed E-state index contributed by atoms with van der Waals surface area (Å²) in [6.07, 6.45) is 5.75. The second-order valence-corrected chi connectivity index (χ2v) is 7.61. The first kappa shape index (κ1) is 18.5. The number of nitrogens with one attached hydrogen (secondary N) is 2. The van der Waals surface area contributed by atoms with Crippen molar-refractivity contribution in [1.82, 2.24) is 10.6 Å². The molecule has 2 aliphatic rings. The van der Waals surface area contributed by atoms with E-state index < -0.39 is 6.10 Å². The molecule has 0 radical (unpaired) electrons. The van der Waals surface area contributed by atoms with Crippen molar-refractivity contribution < 1.29 is 9.84 Å². The Kier molecular flexibility index (Phi) is 7.63. The highest BCUT2D eigenvalue weighted by Gasteiger charge is 2.24. The molecule has 2 aliphatic carbocycles. The third-order valence-electron chi connectivity index (χ3n) is 4.68. The Hall–Kier alpha value is -0.810. The molecule has 0 saturated heterocycles. The maximum atomic E-state index is 10.0. The second kappa shape index (κ2) is 9.48. The average Bonchev–Trinajstić information content (AvgIpc) is 3.28. The van der Waals surface area contributed by atoms with Crippen LogP contribution in [-0.4, -0.2) is 49.5 Å². The molecule has 0 aliphatic heterocycles. The minimum atomic E-state index is -0.520. The van der Waals surface area contributed by atoms with Gasteiger partial charge < -0.3 is 20.5 Å². The molecule has 0 aromatic rings. The molecule has 0 aromatic carbocycles. The summed E-state index contributed by atoms with van der Waals surface area (Å²) in [6, 6.07) is 0.481. The molecule has 134 valence electrons. The molecule has 5 nitrogen and oxygen atoms in total. The number of rotatable bonds is 8. The first-order valence-corrected chi connectivity index (χ1v) is 9.37. The van der Waals surface area contributed by atoms with Crippen molar-refractivity contribution in [3.63, 3.8) is 0 Å². The average molecular weight is 325 g/mol. The molecule has 3 atom stereocenters. The standard InChI is InChI=1S/C18H35N3O2/c1-4-19-18(21-16-8-13(2)7-14(3)9-16)20-10-17(22)12-23-11-15-5-6-15/h13-17,22H,4-12H2,1-3H3,(H2,19,20,21). The predicted octanol–water partition coefficient (Wildman–Crippen LogP) is 2.15. The zero-order chi connectivity index (χ0) is 16.7. The summed E-state index contributed by atoms with van der Waals surface area (Å²) in [4.78, 5) is 4.54. The Balaban J connectivity index is 1.73. The summed E-state index contributed by atoms with van der Waals surface area (Å²) in [5, 5.41) is 16.8. The SMILES string of the molecule is CCNC(=NCC(O)COCC1CC1)NC1CC(C)CC(C)C1. The number of aliphatic hydroxyl groups is 1. The van der Waals surface area contributed by atoms with Crippen molar-refractivity contribution in [2.45, 2.75) is 65.0 Å². The van der Waals surface area contributed by atoms with Crippen molar-refractivity contribution >= 4 is 5.96 Å². The molecule has 3 unspecified atom stereocenters. The molecule has 23 heavy (non-hydrogen) atoms. The molecule has 2 rings (SSSR count). The minimum absolute atomic E-state index is 0.386. The molecule has 2 saturated carbocycles. The van der Waals surface area contributed by atoms with Crippen molar-refractivity contribution in [2.75, 3.05) is 26.3 Å². The lowest BCUT2D eigenvalue weighted by Crippen LogP contribution is -2.46. The first-order chi connectivity index (χ1) is 11.1. The summed E-state index contributed by atoms with van der Waals surface area (Å²) >= 11 is 0. The lowest BCUT2D eigenvalue weighted by Gasteiger charge is -2.33. The molecule has 0 spiro atoms. The Labute approximate surface area is 141 Å². The highest BCUT2D eigenvalue weighted by molar-refractivity contribution is 5.80. The van der Waals surface area contributed by atoms with Crippen LogP contribution in [0.3, 0.4) is 0 Å². The topological polar surface area (TPSA) is 65.9 Å². The maximum Gasteiger partial charge on any atom is 0.191 e. The van der Waals surface area contributed by atoms with Gasteiger partial charge in [-0.2, -0.15) is 0 Å². The van der Waals surface area contributed by atoms with E-state index >= 15 is 0 Å². The number of nitrogens with zero attached hydrogens (tertiary/aromatic N) is 1. The Morgan fingerprint density at radius 1 is 1.22 bits per heavy atom. The van der Waals surface area contributed by atoms with E-state index in [9.17, 15) is 5.11 Å². The van der Waals surface area contributed by atoms with Crippen LogP contribution in [0.4, 0.5) is 0 Å². The van der Waals surface area contributed by atoms with Crippen LogP contribution in [0.2, 0.25) is 0 Å². The molecule has 0 bridgehead atoms. The van der Waals surface area contributed by atoms with Gasteiger partial charge in [0.2, 0.25) is 0 Å². The highest BCUT2D eigenvalue weighted by Crippen LogP contribution is 2.29. The molecule has 3 N–H and O–H groups in total. The molecular weight excluding hydrogens is 290 g/mol. The van der Waals surface area contributed by atoms with Crippen molar-refractivity contribution in [3.8, 4) is 0 Å². The minimum Gasteiger partial charge on any atom is -0.389 e. The quantitative estimate of drug-likeness (QED) is 0.473. The number of aliphatic hydroxyl groups excluding tert-OH is 1. The van der Waals surface area contributed by atoms with E-state index in [1.807, 2.05) is 0 Å². The Bertz CT molecular complexity index is 361. The van der Waals surface area contributed by atoms with Crippen LogP contribution in [-0.2, 0) is 4.74 Å². The van der Waals surface area contributed by atoms with Crippen LogP contribution in [0.1, 0.15) is 52.9 Å². The fraction of sp³-hybridized carbons (Fsp3) is 0.944. The van der Waals surface area contributed by atoms with E-state index in [-0.39, 0.29) is 0 Å². The number of ether oxygens (including phenoxy) is 1. The fourth-order valence-electron chi connectivity index (χ4n) is 3.48. The molecule has 0 aromatic heterocycles. The van der Waals surface area contributed by atoms with E-state index in [4.69, 9.17) is 4.74 Å². The summed E-state index contributed by atoms with van der Waals surface area (Å²) in [5.41, 5.74) is 0. The number of hydrogen-bond acceptors (Lipinski definition) is 3. The van der Waals surface area contributed by atoms with E-state index in [1.165, 1.54) is 32.1 Å². The van der Waals surface area contributed by atoms with Gasteiger partial charge in [0.15, 0.2) is 5.96 Å². The van der Waals surface area contributed by atoms with Gasteiger partial charge in [0.05, 0.1) is 19.3 Å². The molecule has 0 amide bonds. The normalized spacial score (nSPS) is 30.1. The summed E-state index contributed by atoms with van der Waals surface area (Å²) in [6.45, 7) is 9.12.